The summed E-state index contributed by atoms with van der Waals surface area (Å²) in [6.07, 6.45) is 0.865. The number of amides is 1. The van der Waals surface area contributed by atoms with Crippen LogP contribution in [0.2, 0.25) is 18.1 Å². The van der Waals surface area contributed by atoms with Gasteiger partial charge in [0.25, 0.3) is 0 Å². The molecule has 1 saturated heterocycles. The molecule has 2 aromatic rings. The average Bonchev–Trinajstić information content (AvgIpc) is 2.86. The highest BCUT2D eigenvalue weighted by Crippen LogP contribution is 2.37. The van der Waals surface area contributed by atoms with Gasteiger partial charge in [-0.05, 0) is 48.2 Å². The van der Waals surface area contributed by atoms with Gasteiger partial charge in [-0.15, -0.1) is 0 Å². The minimum absolute atomic E-state index is 0.0849. The van der Waals surface area contributed by atoms with Gasteiger partial charge in [0.2, 0.25) is 5.91 Å². The quantitative estimate of drug-likeness (QED) is 0.355. The molecule has 0 radical (unpaired) electrons. The normalized spacial score (nSPS) is 16.7. The van der Waals surface area contributed by atoms with Gasteiger partial charge in [-0.3, -0.25) is 10.1 Å². The largest absolute Gasteiger partial charge is 0.468 e. The highest BCUT2D eigenvalue weighted by molar-refractivity contribution is 6.74. The van der Waals surface area contributed by atoms with Crippen molar-refractivity contribution in [2.24, 2.45) is 0 Å². The number of hydrogen-bond acceptors (Lipinski definition) is 6. The number of rotatable bonds is 9. The third kappa shape index (κ3) is 6.62. The zero-order chi connectivity index (χ0) is 26.4. The Bertz CT molecular complexity index is 1030. The fraction of sp³-hybridized carbons (Fsp3) is 0.500. The third-order valence-electron chi connectivity index (χ3n) is 7.43. The summed E-state index contributed by atoms with van der Waals surface area (Å²) in [5.41, 5.74) is 1.38. The molecule has 1 unspecified atom stereocenters. The van der Waals surface area contributed by atoms with Crippen LogP contribution in [-0.4, -0.2) is 46.1 Å². The van der Waals surface area contributed by atoms with Gasteiger partial charge in [0, 0.05) is 18.9 Å². The monoisotopic (exact) mass is 512 g/mol. The molecule has 0 aromatic heterocycles. The summed E-state index contributed by atoms with van der Waals surface area (Å²) in [6, 6.07) is 16.3. The predicted molar refractivity (Wildman–Crippen MR) is 144 cm³/mol. The highest BCUT2D eigenvalue weighted by atomic mass is 28.4. The number of carbonyl (C=O) groups is 2. The van der Waals surface area contributed by atoms with Crippen LogP contribution in [0.1, 0.15) is 50.8 Å². The number of benzene rings is 2. The number of esters is 1. The van der Waals surface area contributed by atoms with E-state index in [9.17, 15) is 9.59 Å². The lowest BCUT2D eigenvalue weighted by atomic mass is 9.86. The van der Waals surface area contributed by atoms with Crippen LogP contribution in [0.15, 0.2) is 54.6 Å². The molecule has 0 spiro atoms. The van der Waals surface area contributed by atoms with Crippen LogP contribution in [-0.2, 0) is 30.1 Å². The van der Waals surface area contributed by atoms with E-state index in [0.717, 1.165) is 11.1 Å². The topological polar surface area (TPSA) is 85.9 Å². The number of nitrogens with one attached hydrogen (secondary N) is 2. The maximum absolute atomic E-state index is 13.9. The maximum Gasteiger partial charge on any atom is 0.327 e. The molecule has 1 amide bonds. The summed E-state index contributed by atoms with van der Waals surface area (Å²) in [5.74, 6) is -0.640. The van der Waals surface area contributed by atoms with E-state index in [1.165, 1.54) is 7.11 Å². The Morgan fingerprint density at radius 1 is 1.03 bits per heavy atom. The van der Waals surface area contributed by atoms with Crippen LogP contribution in [0.5, 0.6) is 0 Å². The zero-order valence-corrected chi connectivity index (χ0v) is 23.4. The van der Waals surface area contributed by atoms with E-state index in [0.29, 0.717) is 38.3 Å². The zero-order valence-electron chi connectivity index (χ0n) is 22.4. The van der Waals surface area contributed by atoms with E-state index >= 15 is 0 Å². The molecule has 196 valence electrons. The number of ether oxygens (including phenoxy) is 2. The number of hydrogen-bond donors (Lipinski definition) is 2. The third-order valence-corrected chi connectivity index (χ3v) is 11.9. The molecule has 1 heterocycles. The molecule has 7 nitrogen and oxygen atoms in total. The maximum atomic E-state index is 13.9. The minimum atomic E-state index is -1.97. The van der Waals surface area contributed by atoms with E-state index < -0.39 is 25.9 Å². The first-order chi connectivity index (χ1) is 17.0. The lowest BCUT2D eigenvalue weighted by Gasteiger charge is -2.39. The molecule has 1 fully saturated rings. The molecule has 2 aromatic carbocycles. The first kappa shape index (κ1) is 28.1. The van der Waals surface area contributed by atoms with E-state index in [4.69, 9.17) is 13.9 Å². The summed E-state index contributed by atoms with van der Waals surface area (Å²) in [6.45, 7) is 12.3. The predicted octanol–water partition coefficient (Wildman–Crippen LogP) is 5.20. The average molecular weight is 513 g/mol. The van der Waals surface area contributed by atoms with Crippen LogP contribution in [0.4, 0.5) is 5.69 Å². The van der Waals surface area contributed by atoms with E-state index in [-0.39, 0.29) is 10.9 Å². The van der Waals surface area contributed by atoms with Gasteiger partial charge < -0.3 is 19.2 Å². The van der Waals surface area contributed by atoms with Crippen LogP contribution in [0.25, 0.3) is 0 Å². The Morgan fingerprint density at radius 2 is 1.64 bits per heavy atom. The van der Waals surface area contributed by atoms with Crippen molar-refractivity contribution in [1.29, 1.82) is 0 Å². The molecule has 8 heteroatoms. The van der Waals surface area contributed by atoms with Crippen LogP contribution >= 0.6 is 0 Å². The van der Waals surface area contributed by atoms with Crippen molar-refractivity contribution in [3.63, 3.8) is 0 Å². The smallest absolute Gasteiger partial charge is 0.327 e. The molecule has 1 atom stereocenters. The Hall–Kier alpha value is -2.52. The van der Waals surface area contributed by atoms with E-state index in [1.54, 1.807) is 0 Å². The van der Waals surface area contributed by atoms with Gasteiger partial charge in [0.1, 0.15) is 11.6 Å². The van der Waals surface area contributed by atoms with Gasteiger partial charge >= 0.3 is 5.97 Å². The van der Waals surface area contributed by atoms with Crippen LogP contribution in [0.3, 0.4) is 0 Å². The molecular weight excluding hydrogens is 472 g/mol. The Labute approximate surface area is 216 Å². The van der Waals surface area contributed by atoms with Crippen LogP contribution in [0, 0.1) is 0 Å². The van der Waals surface area contributed by atoms with E-state index in [2.05, 4.69) is 44.5 Å². The Kier molecular flexibility index (Phi) is 9.11. The number of para-hydroxylation sites is 1. The SMILES string of the molecule is COC(=O)C(NC1(C(=O)Nc2ccccc2CO[Si](C)(C)C(C)(C)C)CCOCC1)c1ccccc1. The van der Waals surface area contributed by atoms with Gasteiger partial charge in [-0.25, -0.2) is 4.79 Å². The van der Waals surface area contributed by atoms with Gasteiger partial charge in [-0.1, -0.05) is 69.3 Å². The molecule has 1 aliphatic heterocycles. The number of carbonyl (C=O) groups excluding carboxylic acids is 2. The molecule has 36 heavy (non-hydrogen) atoms. The van der Waals surface area contributed by atoms with Crippen molar-refractivity contribution in [3.8, 4) is 0 Å². The first-order valence-corrected chi connectivity index (χ1v) is 15.4. The van der Waals surface area contributed by atoms with Crippen molar-refractivity contribution in [2.45, 2.75) is 69.9 Å². The van der Waals surface area contributed by atoms with Crippen molar-refractivity contribution in [1.82, 2.24) is 5.32 Å². The summed E-state index contributed by atoms with van der Waals surface area (Å²) in [4.78, 5) is 26.6. The standard InChI is InChI=1S/C28H40N2O5Si/c1-27(2,3)36(5,6)35-20-22-14-10-11-15-23(22)29-26(32)28(16-18-34-19-17-28)30-24(25(31)33-4)21-12-8-7-9-13-21/h7-15,24,30H,16-20H2,1-6H3,(H,29,32). The van der Waals surface area contributed by atoms with Gasteiger partial charge in [0.05, 0.1) is 13.7 Å². The molecule has 2 N–H and O–H groups in total. The fourth-order valence-corrected chi connectivity index (χ4v) is 4.91. The molecule has 3 rings (SSSR count). The highest BCUT2D eigenvalue weighted by Gasteiger charge is 2.44. The lowest BCUT2D eigenvalue weighted by molar-refractivity contribution is -0.145. The summed E-state index contributed by atoms with van der Waals surface area (Å²) in [5, 5.41) is 6.58. The second kappa shape index (κ2) is 11.7. The number of methoxy groups -OCH3 is 1. The fourth-order valence-electron chi connectivity index (χ4n) is 3.96. The number of anilines is 1. The van der Waals surface area contributed by atoms with Crippen LogP contribution < -0.4 is 10.6 Å². The van der Waals surface area contributed by atoms with Crippen molar-refractivity contribution < 1.29 is 23.5 Å². The summed E-state index contributed by atoms with van der Waals surface area (Å²) in [7, 11) is -0.610. The molecule has 0 bridgehead atoms. The minimum Gasteiger partial charge on any atom is -0.468 e. The van der Waals surface area contributed by atoms with Crippen molar-refractivity contribution in [2.75, 3.05) is 25.6 Å². The van der Waals surface area contributed by atoms with Crippen molar-refractivity contribution in [3.05, 3.63) is 65.7 Å². The molecule has 0 aliphatic carbocycles. The summed E-state index contributed by atoms with van der Waals surface area (Å²) >= 11 is 0. The molecular formula is C28H40N2O5Si. The van der Waals surface area contributed by atoms with Crippen molar-refractivity contribution >= 4 is 25.9 Å². The van der Waals surface area contributed by atoms with Gasteiger partial charge in [0.15, 0.2) is 8.32 Å². The first-order valence-electron chi connectivity index (χ1n) is 12.5. The van der Waals surface area contributed by atoms with E-state index in [1.807, 2.05) is 54.6 Å². The second-order valence-corrected chi connectivity index (χ2v) is 15.7. The summed E-state index contributed by atoms with van der Waals surface area (Å²) < 4.78 is 17.1. The second-order valence-electron chi connectivity index (χ2n) is 10.9. The lowest BCUT2D eigenvalue weighted by Crippen LogP contribution is -2.59. The molecule has 0 saturated carbocycles. The van der Waals surface area contributed by atoms with Gasteiger partial charge in [-0.2, -0.15) is 0 Å². The Morgan fingerprint density at radius 3 is 2.25 bits per heavy atom. The Balaban J connectivity index is 1.86. The molecule has 1 aliphatic rings.